The Morgan fingerprint density at radius 3 is 3.00 bits per heavy atom. The summed E-state index contributed by atoms with van der Waals surface area (Å²) in [5.74, 6) is -0.360. The number of amides is 2. The third kappa shape index (κ3) is 4.27. The van der Waals surface area contributed by atoms with E-state index in [0.717, 1.165) is 17.5 Å². The second-order valence-electron chi connectivity index (χ2n) is 5.86. The molecule has 7 heteroatoms. The topological polar surface area (TPSA) is 62.3 Å². The Bertz CT molecular complexity index is 805. The zero-order valence-corrected chi connectivity index (χ0v) is 15.3. The van der Waals surface area contributed by atoms with Gasteiger partial charge in [-0.25, -0.2) is 4.98 Å². The van der Waals surface area contributed by atoms with Gasteiger partial charge >= 0.3 is 0 Å². The van der Waals surface area contributed by atoms with Crippen LogP contribution in [0.25, 0.3) is 6.08 Å². The van der Waals surface area contributed by atoms with Crippen LogP contribution in [0.5, 0.6) is 0 Å². The summed E-state index contributed by atoms with van der Waals surface area (Å²) in [4.78, 5) is 30.6. The standard InChI is InChI=1S/C18H18ClN3O2S/c1-12-4-5-13(11-14(12)19)6-7-16(23)22-9-2-3-15(22)17(24)21-18-20-8-10-25-18/h4-8,10-11,15H,2-3,9H2,1H3,(H,20,21,24)/b7-6+. The van der Waals surface area contributed by atoms with Crippen LogP contribution in [0.3, 0.4) is 0 Å². The van der Waals surface area contributed by atoms with Crippen molar-refractivity contribution in [3.63, 3.8) is 0 Å². The molecule has 1 aromatic carbocycles. The van der Waals surface area contributed by atoms with Crippen LogP contribution >= 0.6 is 22.9 Å². The maximum atomic E-state index is 12.5. The van der Waals surface area contributed by atoms with Crippen molar-refractivity contribution in [2.75, 3.05) is 11.9 Å². The van der Waals surface area contributed by atoms with Gasteiger partial charge in [-0.1, -0.05) is 23.7 Å². The summed E-state index contributed by atoms with van der Waals surface area (Å²) in [5.41, 5.74) is 1.84. The van der Waals surface area contributed by atoms with E-state index in [0.29, 0.717) is 23.1 Å². The third-order valence-electron chi connectivity index (χ3n) is 4.12. The largest absolute Gasteiger partial charge is 0.327 e. The van der Waals surface area contributed by atoms with E-state index in [2.05, 4.69) is 10.3 Å². The number of aryl methyl sites for hydroxylation is 1. The van der Waals surface area contributed by atoms with Crippen LogP contribution in [0.4, 0.5) is 5.13 Å². The van der Waals surface area contributed by atoms with Crippen molar-refractivity contribution in [3.05, 3.63) is 52.0 Å². The number of anilines is 1. The Morgan fingerprint density at radius 2 is 2.28 bits per heavy atom. The van der Waals surface area contributed by atoms with Gasteiger partial charge in [-0.2, -0.15) is 0 Å². The van der Waals surface area contributed by atoms with Gasteiger partial charge in [-0.3, -0.25) is 9.59 Å². The maximum absolute atomic E-state index is 12.5. The number of halogens is 1. The lowest BCUT2D eigenvalue weighted by atomic mass is 10.1. The van der Waals surface area contributed by atoms with Crippen molar-refractivity contribution in [3.8, 4) is 0 Å². The molecule has 130 valence electrons. The maximum Gasteiger partial charge on any atom is 0.248 e. The fourth-order valence-electron chi connectivity index (χ4n) is 2.75. The zero-order valence-electron chi connectivity index (χ0n) is 13.7. The highest BCUT2D eigenvalue weighted by atomic mass is 35.5. The summed E-state index contributed by atoms with van der Waals surface area (Å²) >= 11 is 7.46. The van der Waals surface area contributed by atoms with Gasteiger partial charge in [0.2, 0.25) is 11.8 Å². The minimum Gasteiger partial charge on any atom is -0.327 e. The van der Waals surface area contributed by atoms with E-state index < -0.39 is 6.04 Å². The van der Waals surface area contributed by atoms with Crippen molar-refractivity contribution >= 4 is 46.0 Å². The molecule has 2 amide bonds. The number of aromatic nitrogens is 1. The van der Waals surface area contributed by atoms with Crippen LogP contribution in [-0.4, -0.2) is 34.3 Å². The lowest BCUT2D eigenvalue weighted by Gasteiger charge is -2.22. The van der Waals surface area contributed by atoms with Gasteiger partial charge in [0.05, 0.1) is 0 Å². The van der Waals surface area contributed by atoms with E-state index in [1.165, 1.54) is 17.4 Å². The van der Waals surface area contributed by atoms with E-state index in [9.17, 15) is 9.59 Å². The number of benzene rings is 1. The van der Waals surface area contributed by atoms with Gasteiger partial charge in [-0.15, -0.1) is 11.3 Å². The molecule has 1 N–H and O–H groups in total. The molecule has 1 fully saturated rings. The quantitative estimate of drug-likeness (QED) is 0.828. The number of hydrogen-bond acceptors (Lipinski definition) is 4. The van der Waals surface area contributed by atoms with E-state index >= 15 is 0 Å². The van der Waals surface area contributed by atoms with Crippen LogP contribution in [0.2, 0.25) is 5.02 Å². The molecule has 2 heterocycles. The van der Waals surface area contributed by atoms with E-state index in [-0.39, 0.29) is 11.8 Å². The van der Waals surface area contributed by atoms with Crippen LogP contribution in [0, 0.1) is 6.92 Å². The Hall–Kier alpha value is -2.18. The van der Waals surface area contributed by atoms with Crippen molar-refractivity contribution in [2.45, 2.75) is 25.8 Å². The minimum atomic E-state index is -0.456. The van der Waals surface area contributed by atoms with E-state index in [1.807, 2.05) is 25.1 Å². The fourth-order valence-corrected chi connectivity index (χ4v) is 3.47. The average Bonchev–Trinajstić information content (AvgIpc) is 3.27. The van der Waals surface area contributed by atoms with Crippen LogP contribution in [0.1, 0.15) is 24.0 Å². The zero-order chi connectivity index (χ0) is 17.8. The highest BCUT2D eigenvalue weighted by Gasteiger charge is 2.33. The van der Waals surface area contributed by atoms with Crippen LogP contribution < -0.4 is 5.32 Å². The molecule has 0 radical (unpaired) electrons. The molecule has 1 unspecified atom stereocenters. The Labute approximate surface area is 155 Å². The smallest absolute Gasteiger partial charge is 0.248 e. The lowest BCUT2D eigenvalue weighted by Crippen LogP contribution is -2.42. The molecule has 2 aromatic rings. The molecule has 3 rings (SSSR count). The summed E-state index contributed by atoms with van der Waals surface area (Å²) < 4.78 is 0. The number of likely N-dealkylation sites (tertiary alicyclic amines) is 1. The van der Waals surface area contributed by atoms with Crippen molar-refractivity contribution in [1.82, 2.24) is 9.88 Å². The molecule has 1 atom stereocenters. The molecule has 5 nitrogen and oxygen atoms in total. The second-order valence-corrected chi connectivity index (χ2v) is 7.16. The van der Waals surface area contributed by atoms with Crippen LogP contribution in [-0.2, 0) is 9.59 Å². The number of carbonyl (C=O) groups excluding carboxylic acids is 2. The third-order valence-corrected chi connectivity index (χ3v) is 5.21. The lowest BCUT2D eigenvalue weighted by molar-refractivity contribution is -0.132. The first-order valence-electron chi connectivity index (χ1n) is 8.00. The number of carbonyl (C=O) groups is 2. The Morgan fingerprint density at radius 1 is 1.44 bits per heavy atom. The average molecular weight is 376 g/mol. The normalized spacial score (nSPS) is 17.2. The highest BCUT2D eigenvalue weighted by Crippen LogP contribution is 2.21. The van der Waals surface area contributed by atoms with Crippen molar-refractivity contribution < 1.29 is 9.59 Å². The predicted molar refractivity (Wildman–Crippen MR) is 101 cm³/mol. The van der Waals surface area contributed by atoms with Crippen molar-refractivity contribution in [2.24, 2.45) is 0 Å². The Balaban J connectivity index is 1.66. The molecule has 0 saturated carbocycles. The van der Waals surface area contributed by atoms with Gasteiger partial charge in [0, 0.05) is 29.2 Å². The number of nitrogens with one attached hydrogen (secondary N) is 1. The summed E-state index contributed by atoms with van der Waals surface area (Å²) in [5, 5.41) is 5.78. The molecular formula is C18H18ClN3O2S. The number of hydrogen-bond donors (Lipinski definition) is 1. The van der Waals surface area contributed by atoms with Gasteiger partial charge in [0.1, 0.15) is 6.04 Å². The summed E-state index contributed by atoms with van der Waals surface area (Å²) in [6, 6.07) is 5.17. The number of thiazole rings is 1. The second kappa shape index (κ2) is 7.80. The first kappa shape index (κ1) is 17.6. The van der Waals surface area contributed by atoms with Gasteiger partial charge in [0.15, 0.2) is 5.13 Å². The molecule has 1 aliphatic heterocycles. The van der Waals surface area contributed by atoms with Gasteiger partial charge in [0.25, 0.3) is 0 Å². The minimum absolute atomic E-state index is 0.173. The predicted octanol–water partition coefficient (Wildman–Crippen LogP) is 3.75. The summed E-state index contributed by atoms with van der Waals surface area (Å²) in [6.07, 6.45) is 6.32. The molecule has 1 saturated heterocycles. The number of rotatable bonds is 4. The van der Waals surface area contributed by atoms with E-state index in [4.69, 9.17) is 11.6 Å². The molecule has 0 bridgehead atoms. The first-order valence-corrected chi connectivity index (χ1v) is 9.25. The highest BCUT2D eigenvalue weighted by molar-refractivity contribution is 7.13. The Kier molecular flexibility index (Phi) is 5.50. The SMILES string of the molecule is Cc1ccc(/C=C/C(=O)N2CCCC2C(=O)Nc2nccs2)cc1Cl. The van der Waals surface area contributed by atoms with Gasteiger partial charge in [-0.05, 0) is 43.0 Å². The van der Waals surface area contributed by atoms with Crippen molar-refractivity contribution in [1.29, 1.82) is 0 Å². The molecule has 1 aromatic heterocycles. The first-order chi connectivity index (χ1) is 12.0. The fraction of sp³-hybridized carbons (Fsp3) is 0.278. The molecule has 1 aliphatic rings. The molecule has 0 spiro atoms. The summed E-state index contributed by atoms with van der Waals surface area (Å²) in [6.45, 7) is 2.50. The van der Waals surface area contributed by atoms with E-state index in [1.54, 1.807) is 22.6 Å². The van der Waals surface area contributed by atoms with Crippen LogP contribution in [0.15, 0.2) is 35.9 Å². The number of nitrogens with zero attached hydrogens (tertiary/aromatic N) is 2. The molecule has 0 aliphatic carbocycles. The summed E-state index contributed by atoms with van der Waals surface area (Å²) in [7, 11) is 0. The molecular weight excluding hydrogens is 358 g/mol. The molecule has 25 heavy (non-hydrogen) atoms. The van der Waals surface area contributed by atoms with Gasteiger partial charge < -0.3 is 10.2 Å². The monoisotopic (exact) mass is 375 g/mol.